The van der Waals surface area contributed by atoms with Gasteiger partial charge in [0.25, 0.3) is 0 Å². The molecule has 1 aliphatic heterocycles. The van der Waals surface area contributed by atoms with Gasteiger partial charge in [0.15, 0.2) is 0 Å². The van der Waals surface area contributed by atoms with Crippen LogP contribution in [-0.4, -0.2) is 41.0 Å². The van der Waals surface area contributed by atoms with Crippen LogP contribution in [0.25, 0.3) is 0 Å². The normalized spacial score (nSPS) is 14.6. The van der Waals surface area contributed by atoms with Crippen LogP contribution in [0.1, 0.15) is 25.3 Å². The van der Waals surface area contributed by atoms with Crippen molar-refractivity contribution in [3.8, 4) is 5.88 Å². The molecule has 0 aliphatic carbocycles. The molecule has 2 rings (SSSR count). The Kier molecular flexibility index (Phi) is 7.69. The summed E-state index contributed by atoms with van der Waals surface area (Å²) >= 11 is 0. The van der Waals surface area contributed by atoms with Crippen LogP contribution in [0.2, 0.25) is 0 Å². The van der Waals surface area contributed by atoms with E-state index in [0.29, 0.717) is 29.1 Å². The van der Waals surface area contributed by atoms with Crippen LogP contribution in [0.4, 0.5) is 17.6 Å². The number of aliphatic imine (C=N–C) groups is 1. The predicted molar refractivity (Wildman–Crippen MR) is 104 cm³/mol. The molecule has 0 aromatic carbocycles. The quantitative estimate of drug-likeness (QED) is 0.310. The molecule has 0 atom stereocenters. The van der Waals surface area contributed by atoms with Gasteiger partial charge in [-0.15, -0.1) is 0 Å². The Labute approximate surface area is 166 Å². The molecule has 1 aromatic heterocycles. The second-order valence-electron chi connectivity index (χ2n) is 6.49. The molecule has 0 N–H and O–H groups in total. The van der Waals surface area contributed by atoms with Gasteiger partial charge in [-0.1, -0.05) is 19.2 Å². The van der Waals surface area contributed by atoms with Gasteiger partial charge in [0.05, 0.1) is 18.0 Å². The lowest BCUT2D eigenvalue weighted by Gasteiger charge is -2.23. The van der Waals surface area contributed by atoms with Gasteiger partial charge in [0.1, 0.15) is 0 Å². The molecule has 156 valence electrons. The molecule has 2 heterocycles. The van der Waals surface area contributed by atoms with Crippen LogP contribution in [-0.2, 0) is 6.54 Å². The number of halogens is 4. The zero-order chi connectivity index (χ0) is 21.4. The van der Waals surface area contributed by atoms with E-state index in [1.54, 1.807) is 23.2 Å². The molecule has 0 saturated heterocycles. The van der Waals surface area contributed by atoms with Crippen molar-refractivity contribution in [2.24, 2.45) is 10.1 Å². The third-order valence-electron chi connectivity index (χ3n) is 3.81. The summed E-state index contributed by atoms with van der Waals surface area (Å²) in [7, 11) is 0. The molecule has 0 radical (unpaired) electrons. The first kappa shape index (κ1) is 22.3. The first-order valence-corrected chi connectivity index (χ1v) is 8.84. The molecule has 0 spiro atoms. The predicted octanol–water partition coefficient (Wildman–Crippen LogP) is 4.99. The van der Waals surface area contributed by atoms with Crippen molar-refractivity contribution >= 4 is 11.9 Å². The van der Waals surface area contributed by atoms with Gasteiger partial charge >= 0.3 is 6.61 Å². The number of rotatable bonds is 10. The van der Waals surface area contributed by atoms with Gasteiger partial charge in [-0.05, 0) is 31.1 Å². The van der Waals surface area contributed by atoms with Crippen LogP contribution >= 0.6 is 0 Å². The van der Waals surface area contributed by atoms with Crippen molar-refractivity contribution in [1.29, 1.82) is 0 Å². The number of hydrazone groups is 1. The molecular formula is C20H22F4N4O. The summed E-state index contributed by atoms with van der Waals surface area (Å²) in [4.78, 5) is 7.93. The molecule has 1 aromatic rings. The molecule has 0 fully saturated rings. The van der Waals surface area contributed by atoms with Gasteiger partial charge in [-0.2, -0.15) is 13.9 Å². The summed E-state index contributed by atoms with van der Waals surface area (Å²) in [6.07, 6.45) is 6.45. The molecule has 5 nitrogen and oxygen atoms in total. The maximum Gasteiger partial charge on any atom is 0.388 e. The fraction of sp³-hybridized carbons (Fsp3) is 0.350. The Hall–Kier alpha value is -2.97. The summed E-state index contributed by atoms with van der Waals surface area (Å²) in [5.74, 6) is -2.86. The number of alkyl halides is 4. The average molecular weight is 410 g/mol. The van der Waals surface area contributed by atoms with Crippen molar-refractivity contribution < 1.29 is 22.3 Å². The molecule has 0 unspecified atom stereocenters. The molecule has 0 bridgehead atoms. The highest BCUT2D eigenvalue weighted by Gasteiger charge is 2.19. The maximum absolute atomic E-state index is 12.8. The SMILES string of the molecule is C=C(/C=N\CCCC(C)(F)F)C1=NN(Cc2ccc(OC(F)F)nc2)C(=C)C=C1. The van der Waals surface area contributed by atoms with Crippen LogP contribution in [0, 0.1) is 0 Å². The van der Waals surface area contributed by atoms with E-state index in [2.05, 4.69) is 33.0 Å². The molecular weight excluding hydrogens is 388 g/mol. The highest BCUT2D eigenvalue weighted by Crippen LogP contribution is 2.19. The van der Waals surface area contributed by atoms with Crippen LogP contribution in [0.5, 0.6) is 5.88 Å². The van der Waals surface area contributed by atoms with Crippen molar-refractivity contribution in [2.45, 2.75) is 38.8 Å². The zero-order valence-electron chi connectivity index (χ0n) is 16.0. The lowest BCUT2D eigenvalue weighted by atomic mass is 10.1. The first-order valence-electron chi connectivity index (χ1n) is 8.84. The standard InChI is InChI=1S/C20H22F4N4O/c1-14(11-25-10-4-9-20(3,23)24)17-7-5-15(2)28(27-17)13-16-6-8-18(26-12-16)29-19(21)22/h5-8,11-12,19H,1-2,4,9-10,13H2,3H3/b25-11-. The number of ether oxygens (including phenoxy) is 1. The lowest BCUT2D eigenvalue weighted by molar-refractivity contribution is -0.0528. The number of hydrogen-bond acceptors (Lipinski definition) is 5. The fourth-order valence-electron chi connectivity index (χ4n) is 2.36. The van der Waals surface area contributed by atoms with Gasteiger partial charge in [0.2, 0.25) is 11.8 Å². The van der Waals surface area contributed by atoms with E-state index >= 15 is 0 Å². The van der Waals surface area contributed by atoms with Crippen LogP contribution in [0.3, 0.4) is 0 Å². The second kappa shape index (κ2) is 9.99. The molecule has 0 amide bonds. The Morgan fingerprint density at radius 3 is 2.72 bits per heavy atom. The molecule has 1 aliphatic rings. The van der Waals surface area contributed by atoms with Gasteiger partial charge in [0, 0.05) is 37.0 Å². The smallest absolute Gasteiger partial charge is 0.388 e. The van der Waals surface area contributed by atoms with Crippen molar-refractivity contribution in [3.05, 3.63) is 60.5 Å². The van der Waals surface area contributed by atoms with E-state index in [-0.39, 0.29) is 25.3 Å². The Morgan fingerprint density at radius 1 is 1.34 bits per heavy atom. The van der Waals surface area contributed by atoms with Crippen molar-refractivity contribution in [3.63, 3.8) is 0 Å². The number of pyridine rings is 1. The third kappa shape index (κ3) is 7.89. The lowest BCUT2D eigenvalue weighted by Crippen LogP contribution is -2.21. The molecule has 9 heteroatoms. The monoisotopic (exact) mass is 410 g/mol. The highest BCUT2D eigenvalue weighted by atomic mass is 19.3. The number of aromatic nitrogens is 1. The summed E-state index contributed by atoms with van der Waals surface area (Å²) in [5, 5.41) is 6.05. The summed E-state index contributed by atoms with van der Waals surface area (Å²) in [6.45, 7) is 6.33. The molecule has 0 saturated carbocycles. The third-order valence-corrected chi connectivity index (χ3v) is 3.81. The van der Waals surface area contributed by atoms with E-state index in [1.807, 2.05) is 0 Å². The Bertz CT molecular complexity index is 811. The van der Waals surface area contributed by atoms with Gasteiger partial charge < -0.3 is 4.74 Å². The van der Waals surface area contributed by atoms with Crippen LogP contribution < -0.4 is 4.74 Å². The highest BCUT2D eigenvalue weighted by molar-refractivity contribution is 6.21. The minimum atomic E-state index is -2.93. The maximum atomic E-state index is 12.8. The van der Waals surface area contributed by atoms with Crippen LogP contribution in [0.15, 0.2) is 65.0 Å². The summed E-state index contributed by atoms with van der Waals surface area (Å²) in [6, 6.07) is 2.95. The van der Waals surface area contributed by atoms with E-state index < -0.39 is 12.5 Å². The van der Waals surface area contributed by atoms with E-state index in [1.165, 1.54) is 18.5 Å². The van der Waals surface area contributed by atoms with E-state index in [4.69, 9.17) is 0 Å². The first-order chi connectivity index (χ1) is 13.6. The second-order valence-corrected chi connectivity index (χ2v) is 6.49. The summed E-state index contributed by atoms with van der Waals surface area (Å²) in [5.41, 5.74) is 2.41. The Balaban J connectivity index is 1.95. The van der Waals surface area contributed by atoms with E-state index in [9.17, 15) is 17.6 Å². The van der Waals surface area contributed by atoms with Gasteiger partial charge in [-0.3, -0.25) is 10.0 Å². The topological polar surface area (TPSA) is 50.1 Å². The largest absolute Gasteiger partial charge is 0.417 e. The van der Waals surface area contributed by atoms with Crippen molar-refractivity contribution in [1.82, 2.24) is 9.99 Å². The van der Waals surface area contributed by atoms with E-state index in [0.717, 1.165) is 6.92 Å². The van der Waals surface area contributed by atoms with Gasteiger partial charge in [-0.25, -0.2) is 13.8 Å². The minimum Gasteiger partial charge on any atom is -0.417 e. The number of hydrogen-bond donors (Lipinski definition) is 0. The zero-order valence-corrected chi connectivity index (χ0v) is 16.0. The number of allylic oxidation sites excluding steroid dienone is 3. The number of nitrogens with zero attached hydrogens (tertiary/aromatic N) is 4. The molecule has 29 heavy (non-hydrogen) atoms. The Morgan fingerprint density at radius 2 is 2.10 bits per heavy atom. The fourth-order valence-corrected chi connectivity index (χ4v) is 2.36. The van der Waals surface area contributed by atoms with Crippen molar-refractivity contribution in [2.75, 3.05) is 6.54 Å². The summed E-state index contributed by atoms with van der Waals surface area (Å²) < 4.78 is 54.2. The average Bonchev–Trinajstić information content (AvgIpc) is 2.63. The minimum absolute atomic E-state index is 0.171.